The first kappa shape index (κ1) is 24.3. The Morgan fingerprint density at radius 3 is 1.88 bits per heavy atom. The van der Waals surface area contributed by atoms with Crippen molar-refractivity contribution >= 4 is 52.2 Å². The summed E-state index contributed by atoms with van der Waals surface area (Å²) >= 11 is 6.12. The summed E-state index contributed by atoms with van der Waals surface area (Å²) in [5, 5.41) is 10.9. The van der Waals surface area contributed by atoms with E-state index in [0.717, 1.165) is 33.1 Å². The van der Waals surface area contributed by atoms with Crippen molar-refractivity contribution in [3.63, 3.8) is 0 Å². The van der Waals surface area contributed by atoms with E-state index in [1.165, 1.54) is 0 Å². The number of hydrogen-bond donors (Lipinski definition) is 1. The Labute approximate surface area is 205 Å². The predicted molar refractivity (Wildman–Crippen MR) is 134 cm³/mol. The first-order chi connectivity index (χ1) is 15.4. The molecule has 1 aliphatic rings. The molecule has 1 fully saturated rings. The third-order valence-electron chi connectivity index (χ3n) is 5.08. The topological polar surface area (TPSA) is 56.1 Å². The Kier molecular flexibility index (Phi) is 8.77. The molecule has 166 valence electrons. The van der Waals surface area contributed by atoms with E-state index in [2.05, 4.69) is 36.1 Å². The number of benzene rings is 2. The van der Waals surface area contributed by atoms with Crippen molar-refractivity contribution in [3.05, 3.63) is 83.1 Å². The van der Waals surface area contributed by atoms with Crippen molar-refractivity contribution in [1.82, 2.24) is 9.80 Å². The van der Waals surface area contributed by atoms with Gasteiger partial charge in [-0.15, -0.1) is 0 Å². The molecule has 0 bridgehead atoms. The first-order valence-electron chi connectivity index (χ1n) is 10.5. The number of rotatable bonds is 11. The van der Waals surface area contributed by atoms with E-state index in [4.69, 9.17) is 0 Å². The van der Waals surface area contributed by atoms with Crippen LogP contribution in [0.5, 0.6) is 0 Å². The third kappa shape index (κ3) is 6.85. The van der Waals surface area contributed by atoms with Gasteiger partial charge < -0.3 is 0 Å². The van der Waals surface area contributed by atoms with Gasteiger partial charge in [-0.25, -0.2) is 0 Å². The van der Waals surface area contributed by atoms with Crippen molar-refractivity contribution in [2.45, 2.75) is 18.9 Å². The quantitative estimate of drug-likeness (QED) is 0.199. The average Bonchev–Trinajstić information content (AvgIpc) is 3.63. The summed E-state index contributed by atoms with van der Waals surface area (Å²) in [7, 11) is 3.74. The molecule has 5 nitrogen and oxygen atoms in total. The number of Topliss-reactive ketones (excluding diaryl/α,β-unsaturated/α-hetero) is 1. The van der Waals surface area contributed by atoms with E-state index >= 15 is 0 Å². The van der Waals surface area contributed by atoms with E-state index < -0.39 is 0 Å². The number of aliphatic hydroxyl groups is 1. The minimum absolute atomic E-state index is 0.0142. The number of aliphatic imine (C=N–C) groups is 1. The Bertz CT molecular complexity index is 1030. The zero-order chi connectivity index (χ0) is 23.1. The number of likely N-dealkylation sites (N-methyl/N-ethyl adjacent to an activating group) is 2. The van der Waals surface area contributed by atoms with E-state index in [1.807, 2.05) is 84.6 Å². The van der Waals surface area contributed by atoms with Crippen LogP contribution in [-0.4, -0.2) is 100 Å². The summed E-state index contributed by atoms with van der Waals surface area (Å²) in [6.45, 7) is 0.330. The molecule has 2 aromatic rings. The number of nitrogens with zero attached hydrogens (tertiary/aromatic N) is 3. The van der Waals surface area contributed by atoms with Crippen LogP contribution in [0.3, 0.4) is 0 Å². The Morgan fingerprint density at radius 1 is 0.938 bits per heavy atom. The molecule has 32 heavy (non-hydrogen) atoms. The fourth-order valence-electron chi connectivity index (χ4n) is 3.07. The fourth-order valence-corrected chi connectivity index (χ4v) is 3.91. The molecule has 0 aromatic heterocycles. The second-order valence-corrected chi connectivity index (χ2v) is 9.47. The molecule has 0 spiro atoms. The molecule has 0 saturated heterocycles. The van der Waals surface area contributed by atoms with Crippen LogP contribution in [-0.2, 0) is 4.79 Å². The van der Waals surface area contributed by atoms with Crippen LogP contribution in [0.25, 0.3) is 0 Å². The van der Waals surface area contributed by atoms with Crippen molar-refractivity contribution in [2.75, 3.05) is 27.2 Å². The molecule has 2 aromatic carbocycles. The van der Waals surface area contributed by atoms with Gasteiger partial charge in [-0.3, -0.25) is 0 Å². The van der Waals surface area contributed by atoms with Crippen molar-refractivity contribution in [3.8, 4) is 0 Å². The fraction of sp³-hybridized carbons (Fsp3) is 0.280. The molecular weight excluding hydrogens is 532 g/mol. The molecule has 0 aliphatic heterocycles. The van der Waals surface area contributed by atoms with Crippen molar-refractivity contribution in [2.24, 2.45) is 4.99 Å². The van der Waals surface area contributed by atoms with Crippen molar-refractivity contribution in [1.29, 1.82) is 0 Å². The van der Waals surface area contributed by atoms with Crippen LogP contribution in [0.4, 0.5) is 0 Å². The molecule has 0 unspecified atom stereocenters. The van der Waals surface area contributed by atoms with Crippen LogP contribution in [0.2, 0.25) is 0 Å². The van der Waals surface area contributed by atoms with E-state index in [0.29, 0.717) is 0 Å². The summed E-state index contributed by atoms with van der Waals surface area (Å²) in [4.78, 5) is 21.4. The first-order valence-corrected chi connectivity index (χ1v) is 12.2. The second-order valence-electron chi connectivity index (χ2n) is 7.85. The molecule has 0 atom stereocenters. The van der Waals surface area contributed by atoms with Crippen LogP contribution in [0.1, 0.15) is 24.0 Å². The van der Waals surface area contributed by atoms with Gasteiger partial charge in [0.05, 0.1) is 0 Å². The summed E-state index contributed by atoms with van der Waals surface area (Å²) in [5.74, 6) is -0.159. The normalized spacial score (nSPS) is 14.1. The predicted octanol–water partition coefficient (Wildman–Crippen LogP) is 2.16. The zero-order valence-electron chi connectivity index (χ0n) is 18.3. The van der Waals surface area contributed by atoms with Gasteiger partial charge in [0, 0.05) is 0 Å². The van der Waals surface area contributed by atoms with Crippen LogP contribution < -0.4 is 0 Å². The maximum absolute atomic E-state index is 13.2. The van der Waals surface area contributed by atoms with Gasteiger partial charge in [-0.2, -0.15) is 0 Å². The van der Waals surface area contributed by atoms with Gasteiger partial charge in [0.15, 0.2) is 0 Å². The monoisotopic (exact) mass is 561 g/mol. The number of carbonyl (C=O) groups excluding carboxylic acids is 1. The van der Waals surface area contributed by atoms with Crippen LogP contribution in [0.15, 0.2) is 77.0 Å². The molecule has 3 rings (SSSR count). The number of ketones is 1. The number of hydrogen-bond acceptors (Lipinski definition) is 5. The Morgan fingerprint density at radius 2 is 1.41 bits per heavy atom. The van der Waals surface area contributed by atoms with Crippen LogP contribution >= 0.6 is 0 Å². The van der Waals surface area contributed by atoms with Gasteiger partial charge in [-0.05, 0) is 0 Å². The number of carbonyl (C=O) groups is 1. The van der Waals surface area contributed by atoms with Gasteiger partial charge in [0.1, 0.15) is 0 Å². The van der Waals surface area contributed by atoms with Gasteiger partial charge in [0.2, 0.25) is 0 Å². The van der Waals surface area contributed by atoms with Crippen molar-refractivity contribution < 1.29 is 9.90 Å². The second kappa shape index (κ2) is 11.5. The summed E-state index contributed by atoms with van der Waals surface area (Å²) in [6.07, 6.45) is 3.62. The maximum atomic E-state index is 13.2. The molecule has 1 aliphatic carbocycles. The Hall–Kier alpha value is -2.30. The summed E-state index contributed by atoms with van der Waals surface area (Å²) in [6, 6.07) is 20.0. The molecule has 0 heterocycles. The van der Waals surface area contributed by atoms with Gasteiger partial charge in [-0.1, -0.05) is 0 Å². The third-order valence-corrected chi connectivity index (χ3v) is 7.37. The summed E-state index contributed by atoms with van der Waals surface area (Å²) < 4.78 is 1.76. The number of aliphatic hydroxyl groups excluding tert-OH is 1. The van der Waals surface area contributed by atoms with E-state index in [1.54, 1.807) is 6.21 Å². The average molecular weight is 559 g/mol. The van der Waals surface area contributed by atoms with Gasteiger partial charge in [0.25, 0.3) is 0 Å². The molecule has 0 amide bonds. The van der Waals surface area contributed by atoms with Gasteiger partial charge >= 0.3 is 206 Å². The zero-order valence-corrected chi connectivity index (χ0v) is 21.7. The molecule has 7 heteroatoms. The SMILES string of the molecule is CN(CC(=O)C(C=NC1CC1)=C(O)CN(C)C(=[Se])c1ccccc1)C(=[Se])c1ccccc1. The Balaban J connectivity index is 1.75. The molecular formula is C25H27N3O2Se2. The van der Waals surface area contributed by atoms with Crippen LogP contribution in [0, 0.1) is 0 Å². The molecule has 1 N–H and O–H groups in total. The van der Waals surface area contributed by atoms with E-state index in [-0.39, 0.29) is 36.2 Å². The van der Waals surface area contributed by atoms with E-state index in [9.17, 15) is 9.90 Å². The summed E-state index contributed by atoms with van der Waals surface area (Å²) in [5.41, 5.74) is 2.29. The molecule has 1 saturated carbocycles. The molecule has 0 radical (unpaired) electrons. The standard InChI is InChI=1S/C25H27N3O2Se2/c1-27(24(31)18-9-5-3-6-10-18)16-22(29)21(15-26-20-13-14-20)23(30)17-28(2)25(32)19-11-7-4-8-12-19/h3-12,15,20,29H,13-14,16-17H2,1-2H3. The minimum atomic E-state index is -0.173.